The minimum Gasteiger partial charge on any atom is -0.383 e. The third-order valence-electron chi connectivity index (χ3n) is 4.89. The molecule has 4 rings (SSSR count). The van der Waals surface area contributed by atoms with Gasteiger partial charge in [0.15, 0.2) is 17.7 Å². The normalized spacial score (nSPS) is 21.2. The molecule has 0 aliphatic carbocycles. The van der Waals surface area contributed by atoms with Crippen LogP contribution in [0.1, 0.15) is 28.2 Å². The maximum atomic E-state index is 12.9. The number of hydrogen-bond donors (Lipinski definition) is 0. The Morgan fingerprint density at radius 3 is 2.93 bits per heavy atom. The Morgan fingerprint density at radius 1 is 1.37 bits per heavy atom. The standard InChI is InChI=1S/C17H16N8O2/c1-27-9-13-2-12(7-23(13)10-19)24-8-14-16(17(24)26)22-15(5-20-14)25-6-11(3-18)4-21-25/h4-6,12-13H,2,7-9H2,1H3/t12-,13+/m1/s1. The van der Waals surface area contributed by atoms with E-state index >= 15 is 0 Å². The van der Waals surface area contributed by atoms with Gasteiger partial charge in [-0.2, -0.15) is 15.6 Å². The number of aromatic nitrogens is 4. The van der Waals surface area contributed by atoms with Gasteiger partial charge in [-0.25, -0.2) is 9.67 Å². The van der Waals surface area contributed by atoms with Crippen molar-refractivity contribution in [3.63, 3.8) is 0 Å². The first-order chi connectivity index (χ1) is 13.1. The van der Waals surface area contributed by atoms with Crippen LogP contribution >= 0.6 is 0 Å². The highest BCUT2D eigenvalue weighted by atomic mass is 16.5. The lowest BCUT2D eigenvalue weighted by molar-refractivity contribution is 0.0705. The van der Waals surface area contributed by atoms with Crippen molar-refractivity contribution < 1.29 is 9.53 Å². The molecule has 136 valence electrons. The number of carbonyl (C=O) groups is 1. The number of ether oxygens (including phenoxy) is 1. The van der Waals surface area contributed by atoms with Crippen LogP contribution in [0, 0.1) is 22.8 Å². The largest absolute Gasteiger partial charge is 0.383 e. The van der Waals surface area contributed by atoms with Crippen LogP contribution < -0.4 is 0 Å². The quantitative estimate of drug-likeness (QED) is 0.698. The van der Waals surface area contributed by atoms with Crippen LogP contribution in [0.15, 0.2) is 18.6 Å². The van der Waals surface area contributed by atoms with Gasteiger partial charge in [0, 0.05) is 13.7 Å². The number of amides is 1. The van der Waals surface area contributed by atoms with Gasteiger partial charge < -0.3 is 14.5 Å². The molecule has 1 fully saturated rings. The van der Waals surface area contributed by atoms with Crippen molar-refractivity contribution in [2.24, 2.45) is 0 Å². The molecule has 1 amide bonds. The zero-order valence-corrected chi connectivity index (χ0v) is 14.6. The molecule has 2 aliphatic heterocycles. The van der Waals surface area contributed by atoms with Crippen LogP contribution in [0.4, 0.5) is 0 Å². The van der Waals surface area contributed by atoms with Gasteiger partial charge in [0.2, 0.25) is 0 Å². The van der Waals surface area contributed by atoms with Gasteiger partial charge in [-0.3, -0.25) is 9.78 Å². The van der Waals surface area contributed by atoms with Crippen molar-refractivity contribution in [1.82, 2.24) is 29.5 Å². The van der Waals surface area contributed by atoms with Crippen molar-refractivity contribution in [3.8, 4) is 18.1 Å². The van der Waals surface area contributed by atoms with E-state index in [2.05, 4.69) is 21.3 Å². The van der Waals surface area contributed by atoms with Crippen molar-refractivity contribution in [1.29, 1.82) is 10.5 Å². The summed E-state index contributed by atoms with van der Waals surface area (Å²) in [7, 11) is 1.60. The molecule has 0 radical (unpaired) electrons. The van der Waals surface area contributed by atoms with E-state index in [-0.39, 0.29) is 18.0 Å². The van der Waals surface area contributed by atoms with Crippen LogP contribution in [-0.2, 0) is 11.3 Å². The number of rotatable bonds is 4. The third kappa shape index (κ3) is 2.86. The molecule has 2 aliphatic rings. The van der Waals surface area contributed by atoms with E-state index in [4.69, 9.17) is 10.00 Å². The van der Waals surface area contributed by atoms with Crippen molar-refractivity contribution in [2.45, 2.75) is 25.0 Å². The topological polar surface area (TPSA) is 124 Å². The molecule has 0 saturated carbocycles. The lowest BCUT2D eigenvalue weighted by atomic mass is 10.1. The Kier molecular flexibility index (Phi) is 4.18. The van der Waals surface area contributed by atoms with Gasteiger partial charge >= 0.3 is 0 Å². The number of nitriles is 2. The van der Waals surface area contributed by atoms with Crippen molar-refractivity contribution in [2.75, 3.05) is 20.3 Å². The summed E-state index contributed by atoms with van der Waals surface area (Å²) in [6, 6.07) is 1.87. The van der Waals surface area contributed by atoms with E-state index in [1.807, 2.05) is 6.07 Å². The molecule has 0 N–H and O–H groups in total. The Labute approximate surface area is 155 Å². The number of carbonyl (C=O) groups excluding carboxylic acids is 1. The van der Waals surface area contributed by atoms with Gasteiger partial charge in [-0.1, -0.05) is 0 Å². The Morgan fingerprint density at radius 2 is 2.22 bits per heavy atom. The second kappa shape index (κ2) is 6.67. The molecule has 0 spiro atoms. The fourth-order valence-electron chi connectivity index (χ4n) is 3.56. The maximum absolute atomic E-state index is 12.9. The zero-order valence-electron chi connectivity index (χ0n) is 14.6. The van der Waals surface area contributed by atoms with E-state index in [9.17, 15) is 10.1 Å². The summed E-state index contributed by atoms with van der Waals surface area (Å²) in [5, 5.41) is 22.3. The van der Waals surface area contributed by atoms with Crippen LogP contribution in [0.25, 0.3) is 5.82 Å². The fraction of sp³-hybridized carbons (Fsp3) is 0.412. The van der Waals surface area contributed by atoms with Gasteiger partial charge in [0.05, 0.1) is 55.1 Å². The predicted molar refractivity (Wildman–Crippen MR) is 90.1 cm³/mol. The highest BCUT2D eigenvalue weighted by Crippen LogP contribution is 2.29. The molecule has 2 atom stereocenters. The van der Waals surface area contributed by atoms with Gasteiger partial charge in [0.1, 0.15) is 6.07 Å². The Bertz CT molecular complexity index is 972. The van der Waals surface area contributed by atoms with Gasteiger partial charge in [-0.05, 0) is 6.42 Å². The summed E-state index contributed by atoms with van der Waals surface area (Å²) in [5.74, 6) is 0.181. The summed E-state index contributed by atoms with van der Waals surface area (Å²) in [6.45, 7) is 1.29. The minimum absolute atomic E-state index is 0.0357. The molecule has 27 heavy (non-hydrogen) atoms. The van der Waals surface area contributed by atoms with E-state index < -0.39 is 0 Å². The zero-order chi connectivity index (χ0) is 19.0. The van der Waals surface area contributed by atoms with Crippen LogP contribution in [0.3, 0.4) is 0 Å². The molecule has 2 aromatic rings. The molecule has 1 saturated heterocycles. The number of fused-ring (bicyclic) bond motifs is 1. The van der Waals surface area contributed by atoms with E-state index in [1.165, 1.54) is 23.3 Å². The molecule has 10 nitrogen and oxygen atoms in total. The fourth-order valence-corrected chi connectivity index (χ4v) is 3.56. The smallest absolute Gasteiger partial charge is 0.275 e. The monoisotopic (exact) mass is 364 g/mol. The molecular weight excluding hydrogens is 348 g/mol. The molecular formula is C17H16N8O2. The molecule has 4 heterocycles. The third-order valence-corrected chi connectivity index (χ3v) is 4.89. The molecule has 10 heteroatoms. The first kappa shape index (κ1) is 16.9. The van der Waals surface area contributed by atoms with Gasteiger partial charge in [0.25, 0.3) is 5.91 Å². The SMILES string of the molecule is COC[C@@H]1C[C@@H](N2Cc3ncc(-n4cc(C#N)cn4)nc3C2=O)CN1C#N. The second-order valence-corrected chi connectivity index (χ2v) is 6.49. The first-order valence-electron chi connectivity index (χ1n) is 8.42. The number of likely N-dealkylation sites (tertiary alicyclic amines) is 1. The Balaban J connectivity index is 1.56. The highest BCUT2D eigenvalue weighted by molar-refractivity contribution is 5.96. The number of hydrogen-bond acceptors (Lipinski definition) is 8. The summed E-state index contributed by atoms with van der Waals surface area (Å²) < 4.78 is 6.60. The van der Waals surface area contributed by atoms with E-state index in [0.29, 0.717) is 48.9 Å². The van der Waals surface area contributed by atoms with Crippen LogP contribution in [0.2, 0.25) is 0 Å². The predicted octanol–water partition coefficient (Wildman–Crippen LogP) is 0.0602. The second-order valence-electron chi connectivity index (χ2n) is 6.49. The number of methoxy groups -OCH3 is 1. The molecule has 2 aromatic heterocycles. The summed E-state index contributed by atoms with van der Waals surface area (Å²) >= 11 is 0. The van der Waals surface area contributed by atoms with E-state index in [1.54, 1.807) is 16.9 Å². The average Bonchev–Trinajstić information content (AvgIpc) is 3.39. The maximum Gasteiger partial charge on any atom is 0.275 e. The van der Waals surface area contributed by atoms with Gasteiger partial charge in [-0.15, -0.1) is 0 Å². The summed E-state index contributed by atoms with van der Waals surface area (Å²) in [6.07, 6.45) is 7.33. The minimum atomic E-state index is -0.201. The molecule has 0 bridgehead atoms. The number of nitrogens with zero attached hydrogens (tertiary/aromatic N) is 8. The molecule has 0 unspecified atom stereocenters. The average molecular weight is 364 g/mol. The Hall–Kier alpha value is -3.50. The highest BCUT2D eigenvalue weighted by Gasteiger charge is 2.41. The van der Waals surface area contributed by atoms with Crippen molar-refractivity contribution in [3.05, 3.63) is 35.5 Å². The lowest BCUT2D eigenvalue weighted by Crippen LogP contribution is -2.37. The van der Waals surface area contributed by atoms with Crippen LogP contribution in [0.5, 0.6) is 0 Å². The van der Waals surface area contributed by atoms with E-state index in [0.717, 1.165) is 0 Å². The summed E-state index contributed by atoms with van der Waals surface area (Å²) in [5.41, 5.74) is 1.30. The summed E-state index contributed by atoms with van der Waals surface area (Å²) in [4.78, 5) is 25.0. The van der Waals surface area contributed by atoms with Crippen LogP contribution in [-0.4, -0.2) is 67.8 Å². The lowest BCUT2D eigenvalue weighted by Gasteiger charge is -2.22. The van der Waals surface area contributed by atoms with Crippen molar-refractivity contribution >= 4 is 5.91 Å². The first-order valence-corrected chi connectivity index (χ1v) is 8.42. The molecule has 0 aromatic carbocycles.